The third-order valence-electron chi connectivity index (χ3n) is 2.31. The molecular weight excluding hydrogens is 238 g/mol. The number of rotatable bonds is 6. The zero-order chi connectivity index (χ0) is 13.7. The largest absolute Gasteiger partial charge is 0.480 e. The molecule has 0 aliphatic heterocycles. The van der Waals surface area contributed by atoms with Crippen LogP contribution in [-0.2, 0) is 4.79 Å². The van der Waals surface area contributed by atoms with Gasteiger partial charge in [-0.3, -0.25) is 9.59 Å². The number of aromatic nitrogens is 2. The van der Waals surface area contributed by atoms with Crippen molar-refractivity contribution in [3.05, 3.63) is 16.7 Å². The standard InChI is InChI=1S/C10H17N5O3/c1-14(2)3-4-15(5-7(16)17)9-8(11)10(18)13-6-12-9/h6H,3-5,11H2,1-2H3,(H,16,17)(H,12,13,18). The maximum atomic E-state index is 11.4. The van der Waals surface area contributed by atoms with Crippen LogP contribution in [-0.4, -0.2) is 59.7 Å². The van der Waals surface area contributed by atoms with Gasteiger partial charge in [-0.25, -0.2) is 4.98 Å². The highest BCUT2D eigenvalue weighted by atomic mass is 16.4. The Hall–Kier alpha value is -2.09. The number of aliphatic carboxylic acids is 1. The van der Waals surface area contributed by atoms with Gasteiger partial charge in [0.15, 0.2) is 5.82 Å². The summed E-state index contributed by atoms with van der Waals surface area (Å²) >= 11 is 0. The summed E-state index contributed by atoms with van der Waals surface area (Å²) in [6, 6.07) is 0. The maximum Gasteiger partial charge on any atom is 0.323 e. The average molecular weight is 255 g/mol. The molecule has 0 aromatic carbocycles. The van der Waals surface area contributed by atoms with Gasteiger partial charge in [0, 0.05) is 13.1 Å². The van der Waals surface area contributed by atoms with Crippen molar-refractivity contribution in [3.63, 3.8) is 0 Å². The van der Waals surface area contributed by atoms with Gasteiger partial charge in [0.1, 0.15) is 12.2 Å². The molecule has 1 rings (SSSR count). The summed E-state index contributed by atoms with van der Waals surface area (Å²) in [6.45, 7) is 0.787. The Bertz CT molecular complexity index is 471. The van der Waals surface area contributed by atoms with Crippen LogP contribution in [0.5, 0.6) is 0 Å². The van der Waals surface area contributed by atoms with Gasteiger partial charge in [-0.05, 0) is 14.1 Å². The first-order chi connectivity index (χ1) is 8.41. The van der Waals surface area contributed by atoms with E-state index in [1.54, 1.807) is 0 Å². The lowest BCUT2D eigenvalue weighted by Gasteiger charge is -2.24. The second-order valence-corrected chi connectivity index (χ2v) is 4.09. The SMILES string of the molecule is CN(C)CCN(CC(=O)O)c1nc[nH]c(=O)c1N. The summed E-state index contributed by atoms with van der Waals surface area (Å²) < 4.78 is 0. The molecule has 0 atom stereocenters. The average Bonchev–Trinajstić information content (AvgIpc) is 2.27. The van der Waals surface area contributed by atoms with Gasteiger partial charge in [0.05, 0.1) is 6.33 Å². The monoisotopic (exact) mass is 255 g/mol. The number of hydrogen-bond donors (Lipinski definition) is 3. The van der Waals surface area contributed by atoms with Crippen molar-refractivity contribution >= 4 is 17.5 Å². The summed E-state index contributed by atoms with van der Waals surface area (Å²) in [7, 11) is 3.74. The molecule has 1 aromatic rings. The smallest absolute Gasteiger partial charge is 0.323 e. The molecule has 0 spiro atoms. The van der Waals surface area contributed by atoms with E-state index >= 15 is 0 Å². The number of nitrogen functional groups attached to an aromatic ring is 1. The number of aromatic amines is 1. The Morgan fingerprint density at radius 2 is 2.17 bits per heavy atom. The van der Waals surface area contributed by atoms with Crippen molar-refractivity contribution in [2.45, 2.75) is 0 Å². The van der Waals surface area contributed by atoms with Crippen molar-refractivity contribution in [1.82, 2.24) is 14.9 Å². The number of carbonyl (C=O) groups is 1. The lowest BCUT2D eigenvalue weighted by atomic mass is 10.3. The van der Waals surface area contributed by atoms with E-state index in [1.165, 1.54) is 11.2 Å². The fourth-order valence-electron chi connectivity index (χ4n) is 1.40. The molecule has 1 heterocycles. The van der Waals surface area contributed by atoms with Crippen LogP contribution in [0.4, 0.5) is 11.5 Å². The van der Waals surface area contributed by atoms with Crippen LogP contribution in [0, 0.1) is 0 Å². The van der Waals surface area contributed by atoms with E-state index in [4.69, 9.17) is 10.8 Å². The van der Waals surface area contributed by atoms with Gasteiger partial charge in [-0.15, -0.1) is 0 Å². The molecule has 0 fully saturated rings. The Balaban J connectivity index is 2.97. The number of likely N-dealkylation sites (N-methyl/N-ethyl adjacent to an activating group) is 1. The summed E-state index contributed by atoms with van der Waals surface area (Å²) in [5, 5.41) is 8.86. The van der Waals surface area contributed by atoms with Crippen molar-refractivity contribution in [1.29, 1.82) is 0 Å². The normalized spacial score (nSPS) is 10.6. The number of carboxylic acid groups (broad SMARTS) is 1. The summed E-state index contributed by atoms with van der Waals surface area (Å²) in [5.41, 5.74) is 5.07. The highest BCUT2D eigenvalue weighted by Gasteiger charge is 2.16. The number of H-pyrrole nitrogens is 1. The number of nitrogens with one attached hydrogen (secondary N) is 1. The minimum Gasteiger partial charge on any atom is -0.480 e. The third-order valence-corrected chi connectivity index (χ3v) is 2.31. The first-order valence-corrected chi connectivity index (χ1v) is 5.36. The third kappa shape index (κ3) is 3.74. The lowest BCUT2D eigenvalue weighted by molar-refractivity contribution is -0.135. The number of anilines is 2. The molecule has 0 saturated carbocycles. The van der Waals surface area contributed by atoms with Gasteiger partial charge in [0.25, 0.3) is 5.56 Å². The molecule has 1 aromatic heterocycles. The fourth-order valence-corrected chi connectivity index (χ4v) is 1.40. The number of nitrogens with two attached hydrogens (primary N) is 1. The van der Waals surface area contributed by atoms with E-state index in [-0.39, 0.29) is 18.1 Å². The van der Waals surface area contributed by atoms with Crippen LogP contribution >= 0.6 is 0 Å². The molecular formula is C10H17N5O3. The van der Waals surface area contributed by atoms with Crippen LogP contribution in [0.15, 0.2) is 11.1 Å². The Kier molecular flexibility index (Phi) is 4.67. The second kappa shape index (κ2) is 6.01. The van der Waals surface area contributed by atoms with E-state index in [1.807, 2.05) is 19.0 Å². The van der Waals surface area contributed by atoms with Crippen molar-refractivity contribution in [2.75, 3.05) is 44.4 Å². The first kappa shape index (κ1) is 14.0. The molecule has 0 amide bonds. The minimum atomic E-state index is -1.00. The molecule has 8 nitrogen and oxygen atoms in total. The fraction of sp³-hybridized carbons (Fsp3) is 0.500. The maximum absolute atomic E-state index is 11.4. The number of carboxylic acids is 1. The summed E-state index contributed by atoms with van der Waals surface area (Å²) in [4.78, 5) is 31.8. The van der Waals surface area contributed by atoms with Crippen molar-refractivity contribution in [3.8, 4) is 0 Å². The molecule has 0 radical (unpaired) electrons. The molecule has 0 aliphatic rings. The highest BCUT2D eigenvalue weighted by Crippen LogP contribution is 2.14. The topological polar surface area (TPSA) is 116 Å². The van der Waals surface area contributed by atoms with Crippen LogP contribution in [0.25, 0.3) is 0 Å². The number of nitrogens with zero attached hydrogens (tertiary/aromatic N) is 3. The molecule has 0 aliphatic carbocycles. The summed E-state index contributed by atoms with van der Waals surface area (Å²) in [6.07, 6.45) is 1.21. The predicted molar refractivity (Wildman–Crippen MR) is 67.7 cm³/mol. The van der Waals surface area contributed by atoms with Gasteiger partial charge in [0.2, 0.25) is 0 Å². The molecule has 0 bridgehead atoms. The quantitative estimate of drug-likeness (QED) is 0.585. The lowest BCUT2D eigenvalue weighted by Crippen LogP contribution is -2.37. The van der Waals surface area contributed by atoms with Crippen molar-refractivity contribution in [2.24, 2.45) is 0 Å². The van der Waals surface area contributed by atoms with Gasteiger partial charge >= 0.3 is 5.97 Å². The molecule has 4 N–H and O–H groups in total. The number of hydrogen-bond acceptors (Lipinski definition) is 6. The van der Waals surface area contributed by atoms with Crippen molar-refractivity contribution < 1.29 is 9.90 Å². The van der Waals surface area contributed by atoms with E-state index in [0.29, 0.717) is 13.1 Å². The van der Waals surface area contributed by atoms with Crippen LogP contribution in [0.3, 0.4) is 0 Å². The highest BCUT2D eigenvalue weighted by molar-refractivity contribution is 5.75. The molecule has 0 saturated heterocycles. The zero-order valence-electron chi connectivity index (χ0n) is 10.4. The van der Waals surface area contributed by atoms with E-state index in [0.717, 1.165) is 0 Å². The minimum absolute atomic E-state index is 0.0718. The second-order valence-electron chi connectivity index (χ2n) is 4.09. The van der Waals surface area contributed by atoms with Crippen LogP contribution in [0.1, 0.15) is 0 Å². The predicted octanol–water partition coefficient (Wildman–Crippen LogP) is -1.20. The molecule has 18 heavy (non-hydrogen) atoms. The first-order valence-electron chi connectivity index (χ1n) is 5.36. The van der Waals surface area contributed by atoms with E-state index in [9.17, 15) is 9.59 Å². The molecule has 8 heteroatoms. The molecule has 100 valence electrons. The van der Waals surface area contributed by atoms with Crippen LogP contribution < -0.4 is 16.2 Å². The molecule has 0 unspecified atom stereocenters. The van der Waals surface area contributed by atoms with Gasteiger partial charge in [-0.2, -0.15) is 0 Å². The van der Waals surface area contributed by atoms with E-state index in [2.05, 4.69) is 9.97 Å². The Labute approximate surface area is 104 Å². The Morgan fingerprint density at radius 1 is 1.50 bits per heavy atom. The van der Waals surface area contributed by atoms with Gasteiger partial charge < -0.3 is 25.6 Å². The zero-order valence-corrected chi connectivity index (χ0v) is 10.4. The van der Waals surface area contributed by atoms with Crippen LogP contribution in [0.2, 0.25) is 0 Å². The van der Waals surface area contributed by atoms with Gasteiger partial charge in [-0.1, -0.05) is 0 Å². The summed E-state index contributed by atoms with van der Waals surface area (Å²) in [5.74, 6) is -0.807. The Morgan fingerprint density at radius 3 is 2.72 bits per heavy atom. The van der Waals surface area contributed by atoms with E-state index < -0.39 is 11.5 Å².